The third-order valence-corrected chi connectivity index (χ3v) is 6.60. The zero-order valence-electron chi connectivity index (χ0n) is 18.2. The molecule has 0 unspecified atom stereocenters. The summed E-state index contributed by atoms with van der Waals surface area (Å²) in [7, 11) is 2.88. The molecule has 33 heavy (non-hydrogen) atoms. The van der Waals surface area contributed by atoms with Crippen LogP contribution >= 0.6 is 11.8 Å². The maximum absolute atomic E-state index is 12.9. The van der Waals surface area contributed by atoms with Crippen molar-refractivity contribution in [2.45, 2.75) is 24.3 Å². The number of amides is 1. The second-order valence-corrected chi connectivity index (χ2v) is 8.75. The summed E-state index contributed by atoms with van der Waals surface area (Å²) in [6, 6.07) is 5.68. The molecule has 0 bridgehead atoms. The van der Waals surface area contributed by atoms with Crippen molar-refractivity contribution in [2.75, 3.05) is 18.8 Å². The van der Waals surface area contributed by atoms with Gasteiger partial charge >= 0.3 is 5.69 Å². The van der Waals surface area contributed by atoms with E-state index < -0.39 is 16.2 Å². The number of hydrogen-bond acceptors (Lipinski definition) is 8. The number of aryl methyl sites for hydroxylation is 1. The molecule has 4 rings (SSSR count). The van der Waals surface area contributed by atoms with E-state index in [1.54, 1.807) is 0 Å². The van der Waals surface area contributed by atoms with Crippen molar-refractivity contribution in [2.24, 2.45) is 14.1 Å². The van der Waals surface area contributed by atoms with Gasteiger partial charge in [-0.15, -0.1) is 0 Å². The van der Waals surface area contributed by atoms with Gasteiger partial charge in [0.15, 0.2) is 11.5 Å². The largest absolute Gasteiger partial charge is 0.342 e. The van der Waals surface area contributed by atoms with E-state index in [1.807, 2.05) is 4.90 Å². The molecule has 1 fully saturated rings. The monoisotopic (exact) mass is 470 g/mol. The predicted molar refractivity (Wildman–Crippen MR) is 123 cm³/mol. The zero-order valence-corrected chi connectivity index (χ0v) is 19.0. The fourth-order valence-electron chi connectivity index (χ4n) is 3.76. The number of thioether (sulfide) groups is 1. The summed E-state index contributed by atoms with van der Waals surface area (Å²) in [5.74, 6) is 0.260. The number of hydrogen-bond donors (Lipinski definition) is 0. The lowest BCUT2D eigenvalue weighted by atomic mass is 10.1. The minimum Gasteiger partial charge on any atom is -0.342 e. The maximum Gasteiger partial charge on any atom is 0.332 e. The SMILES string of the molecule is Cn1c(=O)c2c(SCC(=O)N3CCCCC3)nc(-c3ccc([N+](=O)[O-])cc3)nc2n(C)c1=O. The summed E-state index contributed by atoms with van der Waals surface area (Å²) in [4.78, 5) is 59.3. The summed E-state index contributed by atoms with van der Waals surface area (Å²) in [5.41, 5.74) is -0.542. The van der Waals surface area contributed by atoms with Gasteiger partial charge in [-0.2, -0.15) is 0 Å². The molecule has 3 aromatic rings. The van der Waals surface area contributed by atoms with Gasteiger partial charge in [0.2, 0.25) is 5.91 Å². The van der Waals surface area contributed by atoms with Gasteiger partial charge in [-0.25, -0.2) is 14.8 Å². The highest BCUT2D eigenvalue weighted by Crippen LogP contribution is 2.27. The molecular formula is C21H22N6O5S. The van der Waals surface area contributed by atoms with Crippen LogP contribution in [0.3, 0.4) is 0 Å². The van der Waals surface area contributed by atoms with Crippen molar-refractivity contribution in [3.05, 3.63) is 55.2 Å². The number of nitrogens with zero attached hydrogens (tertiary/aromatic N) is 6. The Bertz CT molecular complexity index is 1360. The summed E-state index contributed by atoms with van der Waals surface area (Å²) in [6.45, 7) is 1.43. The predicted octanol–water partition coefficient (Wildman–Crippen LogP) is 1.71. The Kier molecular flexibility index (Phi) is 6.27. The molecule has 0 N–H and O–H groups in total. The summed E-state index contributed by atoms with van der Waals surface area (Å²) >= 11 is 1.13. The van der Waals surface area contributed by atoms with Crippen molar-refractivity contribution in [1.82, 2.24) is 24.0 Å². The van der Waals surface area contributed by atoms with E-state index in [1.165, 1.54) is 42.9 Å². The van der Waals surface area contributed by atoms with Crippen LogP contribution in [0.5, 0.6) is 0 Å². The van der Waals surface area contributed by atoms with E-state index in [9.17, 15) is 24.5 Å². The van der Waals surface area contributed by atoms with Crippen LogP contribution in [-0.2, 0) is 18.9 Å². The summed E-state index contributed by atoms with van der Waals surface area (Å²) < 4.78 is 2.23. The van der Waals surface area contributed by atoms with Gasteiger partial charge in [0, 0.05) is 44.9 Å². The third-order valence-electron chi connectivity index (χ3n) is 5.64. The lowest BCUT2D eigenvalue weighted by Gasteiger charge is -2.26. The topological polar surface area (TPSA) is 133 Å². The molecule has 172 valence electrons. The number of aromatic nitrogens is 4. The van der Waals surface area contributed by atoms with Gasteiger partial charge in [0.25, 0.3) is 11.2 Å². The molecule has 1 aromatic carbocycles. The van der Waals surface area contributed by atoms with E-state index in [-0.39, 0.29) is 39.2 Å². The third kappa shape index (κ3) is 4.38. The highest BCUT2D eigenvalue weighted by atomic mass is 32.2. The molecule has 12 heteroatoms. The van der Waals surface area contributed by atoms with Crippen LogP contribution in [0.15, 0.2) is 38.9 Å². The molecule has 2 aromatic heterocycles. The van der Waals surface area contributed by atoms with Gasteiger partial charge < -0.3 is 4.90 Å². The van der Waals surface area contributed by atoms with E-state index in [0.717, 1.165) is 35.6 Å². The Balaban J connectivity index is 1.80. The van der Waals surface area contributed by atoms with Crippen LogP contribution in [0.4, 0.5) is 5.69 Å². The number of likely N-dealkylation sites (tertiary alicyclic amines) is 1. The van der Waals surface area contributed by atoms with E-state index in [2.05, 4.69) is 9.97 Å². The number of rotatable bonds is 5. The van der Waals surface area contributed by atoms with Gasteiger partial charge in [0.1, 0.15) is 10.4 Å². The van der Waals surface area contributed by atoms with Crippen molar-refractivity contribution in [1.29, 1.82) is 0 Å². The van der Waals surface area contributed by atoms with E-state index >= 15 is 0 Å². The number of carbonyl (C=O) groups excluding carboxylic acids is 1. The van der Waals surface area contributed by atoms with Gasteiger partial charge in [-0.05, 0) is 31.4 Å². The number of nitro groups is 1. The molecule has 1 amide bonds. The first kappa shape index (κ1) is 22.6. The van der Waals surface area contributed by atoms with E-state index in [4.69, 9.17) is 0 Å². The average molecular weight is 471 g/mol. The smallest absolute Gasteiger partial charge is 0.332 e. The first-order valence-corrected chi connectivity index (χ1v) is 11.4. The molecule has 0 spiro atoms. The molecule has 1 aliphatic rings. The molecule has 11 nitrogen and oxygen atoms in total. The second-order valence-electron chi connectivity index (χ2n) is 7.79. The Morgan fingerprint density at radius 2 is 1.73 bits per heavy atom. The number of non-ortho nitro benzene ring substituents is 1. The van der Waals surface area contributed by atoms with E-state index in [0.29, 0.717) is 18.7 Å². The van der Waals surface area contributed by atoms with Crippen LogP contribution in [0.1, 0.15) is 19.3 Å². The molecule has 0 radical (unpaired) electrons. The fraction of sp³-hybridized carbons (Fsp3) is 0.381. The average Bonchev–Trinajstić information content (AvgIpc) is 2.84. The number of nitro benzene ring substituents is 1. The Morgan fingerprint density at radius 3 is 2.36 bits per heavy atom. The fourth-order valence-corrected chi connectivity index (χ4v) is 4.68. The van der Waals surface area contributed by atoms with Crippen LogP contribution < -0.4 is 11.2 Å². The normalized spacial score (nSPS) is 13.9. The van der Waals surface area contributed by atoms with Gasteiger partial charge in [-0.1, -0.05) is 11.8 Å². The molecule has 0 saturated carbocycles. The standard InChI is InChI=1S/C21H22N6O5S/c1-24-18-16(20(29)25(2)21(24)30)19(33-12-15(28)26-10-4-3-5-11-26)23-17(22-18)13-6-8-14(9-7-13)27(31)32/h6-9H,3-5,10-12H2,1-2H3. The number of piperidine rings is 1. The Morgan fingerprint density at radius 1 is 1.06 bits per heavy atom. The number of fused-ring (bicyclic) bond motifs is 1. The number of benzene rings is 1. The highest BCUT2D eigenvalue weighted by Gasteiger charge is 2.21. The Labute approximate surface area is 192 Å². The molecule has 0 aliphatic carbocycles. The van der Waals surface area contributed by atoms with Crippen molar-refractivity contribution in [3.63, 3.8) is 0 Å². The summed E-state index contributed by atoms with van der Waals surface area (Å²) in [5, 5.41) is 11.4. The first-order chi connectivity index (χ1) is 15.8. The van der Waals surface area contributed by atoms with Crippen LogP contribution in [0, 0.1) is 10.1 Å². The zero-order chi connectivity index (χ0) is 23.7. The van der Waals surface area contributed by atoms with Crippen LogP contribution in [0.25, 0.3) is 22.4 Å². The van der Waals surface area contributed by atoms with Gasteiger partial charge in [-0.3, -0.25) is 28.8 Å². The van der Waals surface area contributed by atoms with Gasteiger partial charge in [0.05, 0.1) is 10.7 Å². The number of carbonyl (C=O) groups is 1. The quantitative estimate of drug-likeness (QED) is 0.238. The maximum atomic E-state index is 12.9. The van der Waals surface area contributed by atoms with Crippen LogP contribution in [0.2, 0.25) is 0 Å². The second kappa shape index (κ2) is 9.14. The minimum absolute atomic E-state index is 0.0370. The molecule has 3 heterocycles. The van der Waals surface area contributed by atoms with Crippen LogP contribution in [-0.4, -0.2) is 53.7 Å². The summed E-state index contributed by atoms with van der Waals surface area (Å²) in [6.07, 6.45) is 3.05. The molecular weight excluding hydrogens is 448 g/mol. The van der Waals surface area contributed by atoms with Crippen molar-refractivity contribution >= 4 is 34.4 Å². The molecule has 0 atom stereocenters. The highest BCUT2D eigenvalue weighted by molar-refractivity contribution is 8.00. The Hall–Kier alpha value is -3.54. The minimum atomic E-state index is -0.545. The molecule has 1 aliphatic heterocycles. The van der Waals surface area contributed by atoms with Crippen molar-refractivity contribution in [3.8, 4) is 11.4 Å². The lowest BCUT2D eigenvalue weighted by molar-refractivity contribution is -0.384. The lowest BCUT2D eigenvalue weighted by Crippen LogP contribution is -2.38. The molecule has 1 saturated heterocycles. The first-order valence-electron chi connectivity index (χ1n) is 10.4. The van der Waals surface area contributed by atoms with Crippen molar-refractivity contribution < 1.29 is 9.72 Å².